The minimum absolute atomic E-state index is 0.123. The van der Waals surface area contributed by atoms with E-state index in [0.29, 0.717) is 17.7 Å². The fourth-order valence-electron chi connectivity index (χ4n) is 5.44. The molecule has 0 saturated carbocycles. The Morgan fingerprint density at radius 3 is 1.85 bits per heavy atom. The largest absolute Gasteiger partial charge is 0.497 e. The first-order chi connectivity index (χ1) is 19.2. The standard InChI is InChI=1S/C33H37N3O4/c1-34(2)28-13-6-24(7-14-28)31(25-8-15-29(16-9-25)35(3)4)19-12-27-20-23(22-37)21-32(36(38)39)33(27)26-10-17-30(40-5)18-11-26/h6-11,13-20,22,27,32-33H,12,21H2,1-5H3/t27-,32-,33+/m0/s1. The fourth-order valence-corrected chi connectivity index (χ4v) is 5.44. The normalized spacial score (nSPS) is 18.3. The van der Waals surface area contributed by atoms with E-state index in [2.05, 4.69) is 64.4 Å². The second-order valence-corrected chi connectivity index (χ2v) is 10.6. The van der Waals surface area contributed by atoms with Gasteiger partial charge in [-0.15, -0.1) is 0 Å². The lowest BCUT2D eigenvalue weighted by Crippen LogP contribution is -2.35. The first-order valence-electron chi connectivity index (χ1n) is 13.4. The Morgan fingerprint density at radius 2 is 1.43 bits per heavy atom. The highest BCUT2D eigenvalue weighted by molar-refractivity contribution is 5.81. The minimum atomic E-state index is -0.890. The van der Waals surface area contributed by atoms with Crippen LogP contribution in [-0.4, -0.2) is 52.6 Å². The van der Waals surface area contributed by atoms with E-state index in [9.17, 15) is 14.9 Å². The van der Waals surface area contributed by atoms with Crippen LogP contribution in [0.4, 0.5) is 11.4 Å². The SMILES string of the molecule is COc1ccc([C@@H]2[C@@H](CC=C(c3ccc(N(C)C)cc3)c3ccc(N(C)C)cc3)C=C(C=O)C[C@@H]2[N+](=O)[O-])cc1. The summed E-state index contributed by atoms with van der Waals surface area (Å²) in [5.74, 6) is 0.0894. The molecule has 0 radical (unpaired) electrons. The van der Waals surface area contributed by atoms with Gasteiger partial charge in [0.1, 0.15) is 12.0 Å². The number of carbonyl (C=O) groups excluding carboxylic acids is 1. The molecule has 0 spiro atoms. The van der Waals surface area contributed by atoms with E-state index in [1.807, 2.05) is 58.5 Å². The molecule has 0 N–H and O–H groups in total. The summed E-state index contributed by atoms with van der Waals surface area (Å²) in [6.07, 6.45) is 5.52. The van der Waals surface area contributed by atoms with Crippen molar-refractivity contribution in [2.75, 3.05) is 45.1 Å². The number of benzene rings is 3. The summed E-state index contributed by atoms with van der Waals surface area (Å²) in [7, 11) is 9.64. The van der Waals surface area contributed by atoms with E-state index in [1.165, 1.54) is 0 Å². The fraction of sp³-hybridized carbons (Fsp3) is 0.303. The third-order valence-electron chi connectivity index (χ3n) is 7.66. The van der Waals surface area contributed by atoms with Crippen molar-refractivity contribution in [2.24, 2.45) is 5.92 Å². The van der Waals surface area contributed by atoms with Gasteiger partial charge in [0.25, 0.3) is 0 Å². The van der Waals surface area contributed by atoms with Gasteiger partial charge in [-0.3, -0.25) is 14.9 Å². The average Bonchev–Trinajstić information content (AvgIpc) is 2.97. The molecule has 7 heteroatoms. The van der Waals surface area contributed by atoms with Gasteiger partial charge in [-0.1, -0.05) is 48.6 Å². The zero-order valence-electron chi connectivity index (χ0n) is 23.8. The average molecular weight is 540 g/mol. The van der Waals surface area contributed by atoms with Crippen molar-refractivity contribution in [3.8, 4) is 5.75 Å². The van der Waals surface area contributed by atoms with Crippen molar-refractivity contribution < 1.29 is 14.5 Å². The number of hydrogen-bond acceptors (Lipinski definition) is 6. The maximum absolute atomic E-state index is 12.2. The third-order valence-corrected chi connectivity index (χ3v) is 7.66. The Bertz CT molecular complexity index is 1320. The lowest BCUT2D eigenvalue weighted by atomic mass is 9.72. The molecule has 3 aromatic rings. The van der Waals surface area contributed by atoms with Crippen LogP contribution >= 0.6 is 0 Å². The van der Waals surface area contributed by atoms with Crippen LogP contribution in [0.2, 0.25) is 0 Å². The van der Waals surface area contributed by atoms with E-state index >= 15 is 0 Å². The van der Waals surface area contributed by atoms with Crippen molar-refractivity contribution in [1.82, 2.24) is 0 Å². The number of carbonyl (C=O) groups is 1. The molecule has 0 fully saturated rings. The van der Waals surface area contributed by atoms with Crippen LogP contribution in [0, 0.1) is 16.0 Å². The molecule has 0 bridgehead atoms. The molecule has 0 amide bonds. The van der Waals surface area contributed by atoms with Gasteiger partial charge < -0.3 is 14.5 Å². The van der Waals surface area contributed by atoms with Crippen LogP contribution in [0.5, 0.6) is 5.75 Å². The summed E-state index contributed by atoms with van der Waals surface area (Å²) in [4.78, 5) is 27.9. The molecule has 40 heavy (non-hydrogen) atoms. The summed E-state index contributed by atoms with van der Waals surface area (Å²) in [6.45, 7) is 0. The van der Waals surface area contributed by atoms with Gasteiger partial charge in [0.2, 0.25) is 6.04 Å². The molecule has 3 atom stereocenters. The molecule has 0 aromatic heterocycles. The van der Waals surface area contributed by atoms with Gasteiger partial charge in [0.05, 0.1) is 13.0 Å². The molecule has 0 aliphatic heterocycles. The van der Waals surface area contributed by atoms with Crippen LogP contribution < -0.4 is 14.5 Å². The van der Waals surface area contributed by atoms with E-state index in [4.69, 9.17) is 4.74 Å². The zero-order valence-corrected chi connectivity index (χ0v) is 23.8. The quantitative estimate of drug-likeness (QED) is 0.173. The highest BCUT2D eigenvalue weighted by Gasteiger charge is 2.41. The second kappa shape index (κ2) is 12.6. The molecule has 3 aromatic carbocycles. The summed E-state index contributed by atoms with van der Waals surface area (Å²) in [5, 5.41) is 12.2. The van der Waals surface area contributed by atoms with E-state index < -0.39 is 6.04 Å². The number of nitro groups is 1. The number of allylic oxidation sites excluding steroid dienone is 2. The second-order valence-electron chi connectivity index (χ2n) is 10.6. The van der Waals surface area contributed by atoms with Crippen LogP contribution in [0.25, 0.3) is 5.57 Å². The van der Waals surface area contributed by atoms with Gasteiger partial charge in [-0.05, 0) is 76.6 Å². The maximum Gasteiger partial charge on any atom is 0.224 e. The first-order valence-corrected chi connectivity index (χ1v) is 13.4. The summed E-state index contributed by atoms with van der Waals surface area (Å²) < 4.78 is 5.31. The lowest BCUT2D eigenvalue weighted by Gasteiger charge is -2.31. The predicted molar refractivity (Wildman–Crippen MR) is 162 cm³/mol. The highest BCUT2D eigenvalue weighted by atomic mass is 16.6. The molecule has 0 saturated heterocycles. The molecular weight excluding hydrogens is 502 g/mol. The number of aldehydes is 1. The number of hydrogen-bond donors (Lipinski definition) is 0. The number of anilines is 2. The Balaban J connectivity index is 1.78. The minimum Gasteiger partial charge on any atom is -0.497 e. The van der Waals surface area contributed by atoms with Crippen molar-refractivity contribution in [2.45, 2.75) is 24.8 Å². The highest BCUT2D eigenvalue weighted by Crippen LogP contribution is 2.41. The number of nitrogens with zero attached hydrogens (tertiary/aromatic N) is 3. The van der Waals surface area contributed by atoms with Crippen molar-refractivity contribution in [1.29, 1.82) is 0 Å². The maximum atomic E-state index is 12.2. The van der Waals surface area contributed by atoms with Crippen molar-refractivity contribution >= 4 is 23.2 Å². The van der Waals surface area contributed by atoms with Crippen LogP contribution in [0.15, 0.2) is 90.5 Å². The zero-order chi connectivity index (χ0) is 28.8. The first kappa shape index (κ1) is 28.6. The van der Waals surface area contributed by atoms with Gasteiger partial charge in [0, 0.05) is 50.9 Å². The van der Waals surface area contributed by atoms with E-state index in [0.717, 1.165) is 39.9 Å². The van der Waals surface area contributed by atoms with Crippen LogP contribution in [-0.2, 0) is 4.79 Å². The third kappa shape index (κ3) is 6.42. The number of rotatable bonds is 10. The molecule has 208 valence electrons. The van der Waals surface area contributed by atoms with E-state index in [1.54, 1.807) is 7.11 Å². The molecule has 0 unspecified atom stereocenters. The van der Waals surface area contributed by atoms with Crippen molar-refractivity contribution in [3.05, 3.63) is 117 Å². The molecule has 0 heterocycles. The Morgan fingerprint density at radius 1 is 0.900 bits per heavy atom. The van der Waals surface area contributed by atoms with Gasteiger partial charge in [-0.25, -0.2) is 0 Å². The Hall–Kier alpha value is -4.39. The molecular formula is C33H37N3O4. The molecule has 1 aliphatic rings. The van der Waals surface area contributed by atoms with E-state index in [-0.39, 0.29) is 23.2 Å². The predicted octanol–water partition coefficient (Wildman–Crippen LogP) is 6.22. The monoisotopic (exact) mass is 539 g/mol. The number of ether oxygens (including phenoxy) is 1. The topological polar surface area (TPSA) is 75.9 Å². The van der Waals surface area contributed by atoms with Crippen LogP contribution in [0.3, 0.4) is 0 Å². The van der Waals surface area contributed by atoms with Gasteiger partial charge in [0.15, 0.2) is 0 Å². The lowest BCUT2D eigenvalue weighted by molar-refractivity contribution is -0.528. The Kier molecular flexibility index (Phi) is 9.04. The Labute approximate surface area is 236 Å². The number of methoxy groups -OCH3 is 1. The van der Waals surface area contributed by atoms with Crippen molar-refractivity contribution in [3.63, 3.8) is 0 Å². The molecule has 1 aliphatic carbocycles. The van der Waals surface area contributed by atoms with Gasteiger partial charge in [-0.2, -0.15) is 0 Å². The summed E-state index contributed by atoms with van der Waals surface area (Å²) >= 11 is 0. The smallest absolute Gasteiger partial charge is 0.224 e. The van der Waals surface area contributed by atoms with Crippen LogP contribution in [0.1, 0.15) is 35.4 Å². The summed E-state index contributed by atoms with van der Waals surface area (Å²) in [5.41, 5.74) is 6.73. The molecule has 4 rings (SSSR count). The summed E-state index contributed by atoms with van der Waals surface area (Å²) in [6, 6.07) is 23.4. The van der Waals surface area contributed by atoms with Gasteiger partial charge >= 0.3 is 0 Å². The molecule has 7 nitrogen and oxygen atoms in total.